The summed E-state index contributed by atoms with van der Waals surface area (Å²) in [5.74, 6) is 0.122. The van der Waals surface area contributed by atoms with Crippen molar-refractivity contribution in [2.75, 3.05) is 6.54 Å². The molecular formula is C18H22N2O3. The van der Waals surface area contributed by atoms with Gasteiger partial charge in [0.15, 0.2) is 0 Å². The summed E-state index contributed by atoms with van der Waals surface area (Å²) < 4.78 is 5.27. The molecule has 0 bridgehead atoms. The first kappa shape index (κ1) is 15.7. The van der Waals surface area contributed by atoms with Crippen LogP contribution in [0.5, 0.6) is 0 Å². The largest absolute Gasteiger partial charge is 0.393 e. The SMILES string of the molecule is Cc1ccc(-c2cc(C(=O)N3CCCC3CC(C)O)on2)cc1. The predicted molar refractivity (Wildman–Crippen MR) is 87.0 cm³/mol. The van der Waals surface area contributed by atoms with Gasteiger partial charge in [-0.15, -0.1) is 0 Å². The normalized spacial score (nSPS) is 19.1. The Hall–Kier alpha value is -2.14. The highest BCUT2D eigenvalue weighted by molar-refractivity contribution is 5.92. The fourth-order valence-corrected chi connectivity index (χ4v) is 3.12. The van der Waals surface area contributed by atoms with Crippen LogP contribution in [-0.2, 0) is 0 Å². The van der Waals surface area contributed by atoms with Crippen LogP contribution in [-0.4, -0.2) is 39.8 Å². The highest BCUT2D eigenvalue weighted by atomic mass is 16.5. The van der Waals surface area contributed by atoms with E-state index < -0.39 is 6.10 Å². The van der Waals surface area contributed by atoms with Crippen LogP contribution >= 0.6 is 0 Å². The number of aliphatic hydroxyl groups excluding tert-OH is 1. The topological polar surface area (TPSA) is 66.6 Å². The quantitative estimate of drug-likeness (QED) is 0.942. The Balaban J connectivity index is 1.77. The zero-order valence-electron chi connectivity index (χ0n) is 13.5. The van der Waals surface area contributed by atoms with Crippen LogP contribution in [0, 0.1) is 6.92 Å². The summed E-state index contributed by atoms with van der Waals surface area (Å²) in [7, 11) is 0. The van der Waals surface area contributed by atoms with Crippen LogP contribution in [0.2, 0.25) is 0 Å². The Morgan fingerprint density at radius 3 is 2.87 bits per heavy atom. The smallest absolute Gasteiger partial charge is 0.292 e. The molecular weight excluding hydrogens is 292 g/mol. The molecule has 2 unspecified atom stereocenters. The molecule has 1 aliphatic heterocycles. The maximum Gasteiger partial charge on any atom is 0.292 e. The van der Waals surface area contributed by atoms with E-state index in [2.05, 4.69) is 5.16 Å². The van der Waals surface area contributed by atoms with Crippen molar-refractivity contribution in [2.24, 2.45) is 0 Å². The van der Waals surface area contributed by atoms with Crippen molar-refractivity contribution in [3.05, 3.63) is 41.7 Å². The molecule has 1 amide bonds. The van der Waals surface area contributed by atoms with E-state index in [9.17, 15) is 9.90 Å². The molecule has 1 saturated heterocycles. The fourth-order valence-electron chi connectivity index (χ4n) is 3.12. The number of rotatable bonds is 4. The van der Waals surface area contributed by atoms with Gasteiger partial charge < -0.3 is 14.5 Å². The molecule has 1 N–H and O–H groups in total. The second-order valence-electron chi connectivity index (χ2n) is 6.32. The summed E-state index contributed by atoms with van der Waals surface area (Å²) in [6, 6.07) is 9.72. The van der Waals surface area contributed by atoms with E-state index in [4.69, 9.17) is 4.52 Å². The zero-order chi connectivity index (χ0) is 16.4. The van der Waals surface area contributed by atoms with Crippen molar-refractivity contribution in [1.82, 2.24) is 10.1 Å². The molecule has 0 saturated carbocycles. The van der Waals surface area contributed by atoms with Gasteiger partial charge in [0.2, 0.25) is 5.76 Å². The van der Waals surface area contributed by atoms with Crippen molar-refractivity contribution in [3.63, 3.8) is 0 Å². The van der Waals surface area contributed by atoms with Crippen LogP contribution < -0.4 is 0 Å². The van der Waals surface area contributed by atoms with Crippen LogP contribution in [0.3, 0.4) is 0 Å². The summed E-state index contributed by atoms with van der Waals surface area (Å²) in [6.45, 7) is 4.49. The van der Waals surface area contributed by atoms with E-state index in [1.54, 1.807) is 17.9 Å². The molecule has 2 aromatic rings. The molecule has 122 valence electrons. The number of carbonyl (C=O) groups excluding carboxylic acids is 1. The molecule has 0 aliphatic carbocycles. The third kappa shape index (κ3) is 3.45. The molecule has 5 heteroatoms. The van der Waals surface area contributed by atoms with Gasteiger partial charge in [-0.3, -0.25) is 4.79 Å². The van der Waals surface area contributed by atoms with Gasteiger partial charge in [-0.05, 0) is 33.1 Å². The summed E-state index contributed by atoms with van der Waals surface area (Å²) in [4.78, 5) is 14.4. The zero-order valence-corrected chi connectivity index (χ0v) is 13.5. The lowest BCUT2D eigenvalue weighted by Crippen LogP contribution is -2.37. The highest BCUT2D eigenvalue weighted by Crippen LogP contribution is 2.26. The van der Waals surface area contributed by atoms with Gasteiger partial charge in [0.25, 0.3) is 5.91 Å². The van der Waals surface area contributed by atoms with Crippen molar-refractivity contribution in [3.8, 4) is 11.3 Å². The number of aryl methyl sites for hydroxylation is 1. The third-order valence-electron chi connectivity index (χ3n) is 4.32. The van der Waals surface area contributed by atoms with E-state index in [0.717, 1.165) is 18.4 Å². The molecule has 1 aromatic carbocycles. The minimum absolute atomic E-state index is 0.0791. The van der Waals surface area contributed by atoms with Crippen molar-refractivity contribution in [1.29, 1.82) is 0 Å². The molecule has 0 spiro atoms. The summed E-state index contributed by atoms with van der Waals surface area (Å²) in [6.07, 6.45) is 2.08. The summed E-state index contributed by atoms with van der Waals surface area (Å²) in [5.41, 5.74) is 2.77. The van der Waals surface area contributed by atoms with Gasteiger partial charge in [0.1, 0.15) is 5.69 Å². The molecule has 3 rings (SSSR count). The number of likely N-dealkylation sites (tertiary alicyclic amines) is 1. The van der Waals surface area contributed by atoms with Gasteiger partial charge in [0, 0.05) is 24.2 Å². The fraction of sp³-hybridized carbons (Fsp3) is 0.444. The lowest BCUT2D eigenvalue weighted by atomic mass is 10.1. The Kier molecular flexibility index (Phi) is 4.48. The third-order valence-corrected chi connectivity index (χ3v) is 4.32. The summed E-state index contributed by atoms with van der Waals surface area (Å²) in [5, 5.41) is 13.6. The number of hydrogen-bond donors (Lipinski definition) is 1. The summed E-state index contributed by atoms with van der Waals surface area (Å²) >= 11 is 0. The molecule has 0 radical (unpaired) electrons. The number of hydrogen-bond acceptors (Lipinski definition) is 4. The van der Waals surface area contributed by atoms with Crippen LogP contribution in [0.4, 0.5) is 0 Å². The maximum atomic E-state index is 12.6. The Bertz CT molecular complexity index is 676. The van der Waals surface area contributed by atoms with Crippen molar-refractivity contribution >= 4 is 5.91 Å². The second-order valence-corrected chi connectivity index (χ2v) is 6.32. The first-order chi connectivity index (χ1) is 11.0. The minimum Gasteiger partial charge on any atom is -0.393 e. The second kappa shape index (κ2) is 6.54. The lowest BCUT2D eigenvalue weighted by Gasteiger charge is -2.24. The van der Waals surface area contributed by atoms with E-state index in [-0.39, 0.29) is 17.7 Å². The van der Waals surface area contributed by atoms with Crippen molar-refractivity contribution in [2.45, 2.75) is 45.3 Å². The van der Waals surface area contributed by atoms with Crippen LogP contribution in [0.15, 0.2) is 34.9 Å². The first-order valence-electron chi connectivity index (χ1n) is 8.07. The average Bonchev–Trinajstić information content (AvgIpc) is 3.16. The minimum atomic E-state index is -0.411. The van der Waals surface area contributed by atoms with E-state index in [1.807, 2.05) is 31.2 Å². The van der Waals surface area contributed by atoms with E-state index in [1.165, 1.54) is 5.56 Å². The van der Waals surface area contributed by atoms with Gasteiger partial charge in [-0.1, -0.05) is 35.0 Å². The molecule has 5 nitrogen and oxygen atoms in total. The first-order valence-corrected chi connectivity index (χ1v) is 8.07. The Morgan fingerprint density at radius 1 is 1.43 bits per heavy atom. The van der Waals surface area contributed by atoms with Gasteiger partial charge in [-0.25, -0.2) is 0 Å². The highest BCUT2D eigenvalue weighted by Gasteiger charge is 2.32. The number of carbonyl (C=O) groups is 1. The van der Waals surface area contributed by atoms with Gasteiger partial charge in [0.05, 0.1) is 6.10 Å². The number of aliphatic hydroxyl groups is 1. The standard InChI is InChI=1S/C18H22N2O3/c1-12-5-7-14(8-6-12)16-11-17(23-19-16)18(22)20-9-3-4-15(20)10-13(2)21/h5-8,11,13,15,21H,3-4,9-10H2,1-2H3. The van der Waals surface area contributed by atoms with E-state index in [0.29, 0.717) is 18.7 Å². The molecule has 23 heavy (non-hydrogen) atoms. The number of amides is 1. The van der Waals surface area contributed by atoms with Crippen LogP contribution in [0.25, 0.3) is 11.3 Å². The Labute approximate surface area is 135 Å². The predicted octanol–water partition coefficient (Wildman–Crippen LogP) is 3.03. The van der Waals surface area contributed by atoms with Gasteiger partial charge in [-0.2, -0.15) is 0 Å². The molecule has 2 atom stereocenters. The number of nitrogens with zero attached hydrogens (tertiary/aromatic N) is 2. The number of aromatic nitrogens is 1. The molecule has 1 fully saturated rings. The monoisotopic (exact) mass is 314 g/mol. The molecule has 1 aliphatic rings. The average molecular weight is 314 g/mol. The van der Waals surface area contributed by atoms with E-state index >= 15 is 0 Å². The number of benzene rings is 1. The lowest BCUT2D eigenvalue weighted by molar-refractivity contribution is 0.0641. The molecule has 1 aromatic heterocycles. The Morgan fingerprint density at radius 2 is 2.17 bits per heavy atom. The molecule has 2 heterocycles. The van der Waals surface area contributed by atoms with Crippen molar-refractivity contribution < 1.29 is 14.4 Å². The van der Waals surface area contributed by atoms with Crippen LogP contribution in [0.1, 0.15) is 42.3 Å². The van der Waals surface area contributed by atoms with Gasteiger partial charge >= 0.3 is 0 Å². The maximum absolute atomic E-state index is 12.6.